The van der Waals surface area contributed by atoms with E-state index in [0.717, 1.165) is 10.2 Å². The highest BCUT2D eigenvalue weighted by atomic mass is 79.9. The zero-order valence-corrected chi connectivity index (χ0v) is 16.1. The number of benzene rings is 1. The zero-order chi connectivity index (χ0) is 17.8. The van der Waals surface area contributed by atoms with Gasteiger partial charge in [0, 0.05) is 23.1 Å². The Morgan fingerprint density at radius 1 is 1.40 bits per heavy atom. The van der Waals surface area contributed by atoms with Crippen molar-refractivity contribution in [3.63, 3.8) is 0 Å². The number of likely N-dealkylation sites (N-methyl/N-ethyl adjacent to an activating group) is 1. The van der Waals surface area contributed by atoms with E-state index in [4.69, 9.17) is 9.15 Å². The Hall–Kier alpha value is -1.79. The number of halogens is 1. The lowest BCUT2D eigenvalue weighted by atomic mass is 10.3. The summed E-state index contributed by atoms with van der Waals surface area (Å²) in [5, 5.41) is 2.94. The van der Waals surface area contributed by atoms with Crippen LogP contribution in [0.5, 0.6) is 5.75 Å². The van der Waals surface area contributed by atoms with Crippen LogP contribution in [0.4, 0.5) is 0 Å². The Morgan fingerprint density at radius 2 is 2.20 bits per heavy atom. The van der Waals surface area contributed by atoms with E-state index in [0.29, 0.717) is 30.1 Å². The van der Waals surface area contributed by atoms with E-state index in [1.807, 2.05) is 24.3 Å². The lowest BCUT2D eigenvalue weighted by molar-refractivity contribution is 0.0907. The van der Waals surface area contributed by atoms with Crippen LogP contribution in [0.25, 0.3) is 0 Å². The van der Waals surface area contributed by atoms with Crippen LogP contribution in [0.2, 0.25) is 0 Å². The minimum atomic E-state index is -0.190. The van der Waals surface area contributed by atoms with Gasteiger partial charge in [-0.05, 0) is 57.1 Å². The molecule has 2 aromatic rings. The Balaban J connectivity index is 1.47. The van der Waals surface area contributed by atoms with Gasteiger partial charge in [0.15, 0.2) is 5.76 Å². The molecule has 3 rings (SSSR count). The molecule has 1 N–H and O–H groups in total. The number of ether oxygens (including phenoxy) is 1. The second kappa shape index (κ2) is 8.06. The molecule has 5 nitrogen and oxygen atoms in total. The number of carbonyl (C=O) groups excluding carboxylic acids is 1. The van der Waals surface area contributed by atoms with Crippen LogP contribution >= 0.6 is 15.9 Å². The summed E-state index contributed by atoms with van der Waals surface area (Å²) in [6.45, 7) is 3.01. The molecule has 1 unspecified atom stereocenters. The fourth-order valence-corrected chi connectivity index (χ4v) is 2.98. The molecule has 1 amide bonds. The first-order valence-corrected chi connectivity index (χ1v) is 9.29. The quantitative estimate of drug-likeness (QED) is 0.723. The van der Waals surface area contributed by atoms with Gasteiger partial charge in [0.2, 0.25) is 0 Å². The van der Waals surface area contributed by atoms with Crippen molar-refractivity contribution in [2.75, 3.05) is 13.6 Å². The predicted molar refractivity (Wildman–Crippen MR) is 99.8 cm³/mol. The third-order valence-corrected chi connectivity index (χ3v) is 4.93. The van der Waals surface area contributed by atoms with Crippen molar-refractivity contribution >= 4 is 21.8 Å². The van der Waals surface area contributed by atoms with Gasteiger partial charge in [-0.1, -0.05) is 22.0 Å². The summed E-state index contributed by atoms with van der Waals surface area (Å²) >= 11 is 3.40. The highest BCUT2D eigenvalue weighted by molar-refractivity contribution is 9.10. The van der Waals surface area contributed by atoms with Gasteiger partial charge in [0.1, 0.15) is 18.1 Å². The first-order chi connectivity index (χ1) is 12.0. The largest absolute Gasteiger partial charge is 0.486 e. The lowest BCUT2D eigenvalue weighted by Gasteiger charge is -2.24. The summed E-state index contributed by atoms with van der Waals surface area (Å²) < 4.78 is 12.2. The summed E-state index contributed by atoms with van der Waals surface area (Å²) in [5.74, 6) is 1.49. The SMILES string of the molecule is CC(CNC(=O)c1ccc(COc2cccc(Br)c2)o1)N(C)C1CC1. The Kier molecular flexibility index (Phi) is 5.81. The molecule has 0 saturated heterocycles. The Labute approximate surface area is 156 Å². The summed E-state index contributed by atoms with van der Waals surface area (Å²) in [6, 6.07) is 12.0. The monoisotopic (exact) mass is 406 g/mol. The molecule has 1 saturated carbocycles. The molecule has 1 heterocycles. The molecule has 1 aromatic carbocycles. The van der Waals surface area contributed by atoms with Gasteiger partial charge >= 0.3 is 0 Å². The van der Waals surface area contributed by atoms with Gasteiger partial charge < -0.3 is 14.5 Å². The predicted octanol–water partition coefficient (Wildman–Crippen LogP) is 3.83. The number of nitrogens with one attached hydrogen (secondary N) is 1. The van der Waals surface area contributed by atoms with E-state index in [9.17, 15) is 4.79 Å². The third-order valence-electron chi connectivity index (χ3n) is 4.44. The zero-order valence-electron chi connectivity index (χ0n) is 14.5. The molecule has 0 spiro atoms. The van der Waals surface area contributed by atoms with Crippen molar-refractivity contribution in [3.8, 4) is 5.75 Å². The van der Waals surface area contributed by atoms with Crippen LogP contribution in [0.3, 0.4) is 0 Å². The molecule has 0 aliphatic heterocycles. The normalized spacial score (nSPS) is 15.2. The van der Waals surface area contributed by atoms with Crippen LogP contribution in [0.15, 0.2) is 45.3 Å². The maximum Gasteiger partial charge on any atom is 0.287 e. The molecule has 0 radical (unpaired) electrons. The van der Waals surface area contributed by atoms with Gasteiger partial charge in [0.25, 0.3) is 5.91 Å². The molecule has 6 heteroatoms. The number of hydrogen-bond acceptors (Lipinski definition) is 4. The summed E-state index contributed by atoms with van der Waals surface area (Å²) in [4.78, 5) is 14.5. The highest BCUT2D eigenvalue weighted by Crippen LogP contribution is 2.26. The molecule has 134 valence electrons. The maximum atomic E-state index is 12.2. The summed E-state index contributed by atoms with van der Waals surface area (Å²) in [5.41, 5.74) is 0. The van der Waals surface area contributed by atoms with Crippen molar-refractivity contribution in [1.82, 2.24) is 10.2 Å². The number of furan rings is 1. The van der Waals surface area contributed by atoms with Crippen LogP contribution in [0.1, 0.15) is 36.1 Å². The minimum Gasteiger partial charge on any atom is -0.486 e. The fraction of sp³-hybridized carbons (Fsp3) is 0.421. The molecule has 1 aliphatic rings. The van der Waals surface area contributed by atoms with Crippen molar-refractivity contribution in [2.45, 2.75) is 38.5 Å². The number of amides is 1. The Bertz CT molecular complexity index is 727. The smallest absolute Gasteiger partial charge is 0.287 e. The number of carbonyl (C=O) groups is 1. The number of nitrogens with zero attached hydrogens (tertiary/aromatic N) is 1. The molecular weight excluding hydrogens is 384 g/mol. The van der Waals surface area contributed by atoms with Gasteiger partial charge in [-0.15, -0.1) is 0 Å². The molecule has 1 atom stereocenters. The van der Waals surface area contributed by atoms with E-state index >= 15 is 0 Å². The first-order valence-electron chi connectivity index (χ1n) is 8.50. The molecule has 1 fully saturated rings. The van der Waals surface area contributed by atoms with Crippen molar-refractivity contribution in [3.05, 3.63) is 52.4 Å². The van der Waals surface area contributed by atoms with E-state index < -0.39 is 0 Å². The number of rotatable bonds is 8. The van der Waals surface area contributed by atoms with E-state index in [-0.39, 0.29) is 12.5 Å². The average Bonchev–Trinajstić information content (AvgIpc) is 3.35. The van der Waals surface area contributed by atoms with Crippen LogP contribution in [-0.2, 0) is 6.61 Å². The summed E-state index contributed by atoms with van der Waals surface area (Å²) in [6.07, 6.45) is 2.52. The van der Waals surface area contributed by atoms with Gasteiger partial charge in [-0.3, -0.25) is 9.69 Å². The molecular formula is C19H23BrN2O3. The molecule has 25 heavy (non-hydrogen) atoms. The van der Waals surface area contributed by atoms with Gasteiger partial charge in [-0.2, -0.15) is 0 Å². The second-order valence-corrected chi connectivity index (χ2v) is 7.38. The van der Waals surface area contributed by atoms with Crippen LogP contribution in [-0.4, -0.2) is 36.5 Å². The summed E-state index contributed by atoms with van der Waals surface area (Å²) in [7, 11) is 2.11. The Morgan fingerprint density at radius 3 is 2.92 bits per heavy atom. The first kappa shape index (κ1) is 18.0. The van der Waals surface area contributed by atoms with Crippen LogP contribution in [0, 0.1) is 0 Å². The van der Waals surface area contributed by atoms with Crippen molar-refractivity contribution < 1.29 is 13.9 Å². The van der Waals surface area contributed by atoms with Crippen molar-refractivity contribution in [2.24, 2.45) is 0 Å². The average molecular weight is 407 g/mol. The topological polar surface area (TPSA) is 54.7 Å². The molecule has 1 aromatic heterocycles. The minimum absolute atomic E-state index is 0.190. The molecule has 0 bridgehead atoms. The fourth-order valence-electron chi connectivity index (χ4n) is 2.60. The van der Waals surface area contributed by atoms with Crippen molar-refractivity contribution in [1.29, 1.82) is 0 Å². The van der Waals surface area contributed by atoms with Crippen LogP contribution < -0.4 is 10.1 Å². The van der Waals surface area contributed by atoms with Gasteiger partial charge in [0.05, 0.1) is 0 Å². The number of hydrogen-bond donors (Lipinski definition) is 1. The standard InChI is InChI=1S/C19H23BrN2O3/c1-13(22(2)15-6-7-15)11-21-19(23)18-9-8-17(25-18)12-24-16-5-3-4-14(20)10-16/h3-5,8-10,13,15H,6-7,11-12H2,1-2H3,(H,21,23). The van der Waals surface area contributed by atoms with E-state index in [1.165, 1.54) is 12.8 Å². The molecule has 1 aliphatic carbocycles. The lowest BCUT2D eigenvalue weighted by Crippen LogP contribution is -2.41. The maximum absolute atomic E-state index is 12.2. The third kappa shape index (κ3) is 5.09. The van der Waals surface area contributed by atoms with E-state index in [1.54, 1.807) is 12.1 Å². The highest BCUT2D eigenvalue weighted by Gasteiger charge is 2.29. The van der Waals surface area contributed by atoms with E-state index in [2.05, 4.69) is 40.1 Å². The van der Waals surface area contributed by atoms with Gasteiger partial charge in [-0.25, -0.2) is 0 Å². The second-order valence-electron chi connectivity index (χ2n) is 6.47.